The van der Waals surface area contributed by atoms with Gasteiger partial charge in [0.25, 0.3) is 0 Å². The number of terminal acetylenes is 1. The maximum atomic E-state index is 12.2. The van der Waals surface area contributed by atoms with Crippen molar-refractivity contribution in [3.05, 3.63) is 23.8 Å². The minimum Gasteiger partial charge on any atom is -0.400 e. The fourth-order valence-electron chi connectivity index (χ4n) is 1.14. The van der Waals surface area contributed by atoms with E-state index in [0.717, 1.165) is 20.0 Å². The largest absolute Gasteiger partial charge is 0.400 e. The van der Waals surface area contributed by atoms with Crippen molar-refractivity contribution < 1.29 is 18.3 Å². The summed E-state index contributed by atoms with van der Waals surface area (Å²) in [6.07, 6.45) is 10.5. The van der Waals surface area contributed by atoms with Crippen molar-refractivity contribution in [2.45, 2.75) is 25.9 Å². The third-order valence-electron chi connectivity index (χ3n) is 2.01. The van der Waals surface area contributed by atoms with Gasteiger partial charge in [-0.3, -0.25) is 0 Å². The molecule has 1 nitrogen and oxygen atoms in total. The number of hydrogen-bond acceptors (Lipinski definition) is 1. The molecule has 0 aromatic rings. The molecule has 1 atom stereocenters. The molecule has 0 amide bonds. The molecule has 0 saturated heterocycles. The molecule has 0 spiro atoms. The molecule has 1 aliphatic rings. The van der Waals surface area contributed by atoms with Gasteiger partial charge in [-0.05, 0) is 25.3 Å². The zero-order valence-corrected chi connectivity index (χ0v) is 9.46. The van der Waals surface area contributed by atoms with Gasteiger partial charge in [0.2, 0.25) is 0 Å². The van der Waals surface area contributed by atoms with Crippen molar-refractivity contribution >= 4 is 0 Å². The van der Waals surface area contributed by atoms with E-state index in [-0.39, 0.29) is 0 Å². The first kappa shape index (κ1) is 17.2. The highest BCUT2D eigenvalue weighted by molar-refractivity contribution is 5.25. The van der Waals surface area contributed by atoms with E-state index in [0.29, 0.717) is 5.57 Å². The highest BCUT2D eigenvalue weighted by Gasteiger charge is 2.37. The lowest BCUT2D eigenvalue weighted by Gasteiger charge is -2.18. The average molecular weight is 234 g/mol. The minimum absolute atomic E-state index is 0.397. The molecular weight excluding hydrogens is 217 g/mol. The summed E-state index contributed by atoms with van der Waals surface area (Å²) in [5, 5.41) is 7.00. The topological polar surface area (TPSA) is 20.2 Å². The molecule has 0 fully saturated rings. The van der Waals surface area contributed by atoms with Crippen LogP contribution in [0.1, 0.15) is 19.8 Å². The smallest absolute Gasteiger partial charge is 0.395 e. The van der Waals surface area contributed by atoms with E-state index in [1.165, 1.54) is 6.92 Å². The summed E-state index contributed by atoms with van der Waals surface area (Å²) in [6, 6.07) is 0. The summed E-state index contributed by atoms with van der Waals surface area (Å²) in [5.74, 6) is -1.32. The first-order chi connectivity index (χ1) is 7.52. The third-order valence-corrected chi connectivity index (χ3v) is 2.01. The predicted octanol–water partition coefficient (Wildman–Crippen LogP) is 3.32. The molecule has 0 aromatic heterocycles. The van der Waals surface area contributed by atoms with Gasteiger partial charge in [0.05, 0.1) is 5.92 Å². The van der Waals surface area contributed by atoms with Gasteiger partial charge in [-0.1, -0.05) is 18.2 Å². The minimum atomic E-state index is -4.10. The summed E-state index contributed by atoms with van der Waals surface area (Å²) in [7, 11) is 1.00. The van der Waals surface area contributed by atoms with Gasteiger partial charge in [0, 0.05) is 7.11 Å². The van der Waals surface area contributed by atoms with Crippen molar-refractivity contribution in [2.75, 3.05) is 7.11 Å². The summed E-state index contributed by atoms with van der Waals surface area (Å²) >= 11 is 0. The van der Waals surface area contributed by atoms with E-state index in [1.54, 1.807) is 18.2 Å². The molecule has 0 heterocycles. The normalized spacial score (nSPS) is 15.9. The summed E-state index contributed by atoms with van der Waals surface area (Å²) in [5.41, 5.74) is 0.397. The van der Waals surface area contributed by atoms with E-state index in [4.69, 9.17) is 5.11 Å². The second kappa shape index (κ2) is 9.05. The molecular formula is C12H17F3O. The molecule has 0 unspecified atom stereocenters. The van der Waals surface area contributed by atoms with Crippen molar-refractivity contribution in [2.24, 2.45) is 5.92 Å². The highest BCUT2D eigenvalue weighted by atomic mass is 19.4. The Kier molecular flexibility index (Phi) is 9.72. The van der Waals surface area contributed by atoms with Crippen LogP contribution in [0.4, 0.5) is 13.2 Å². The number of allylic oxidation sites excluding steroid dienone is 4. The van der Waals surface area contributed by atoms with E-state index < -0.39 is 12.1 Å². The molecule has 0 bridgehead atoms. The van der Waals surface area contributed by atoms with Gasteiger partial charge < -0.3 is 5.11 Å². The predicted molar refractivity (Wildman–Crippen MR) is 59.7 cm³/mol. The Labute approximate surface area is 94.7 Å². The summed E-state index contributed by atoms with van der Waals surface area (Å²) in [4.78, 5) is 0. The van der Waals surface area contributed by atoms with Crippen LogP contribution in [0.5, 0.6) is 0 Å². The Morgan fingerprint density at radius 3 is 2.06 bits per heavy atom. The van der Waals surface area contributed by atoms with E-state index >= 15 is 0 Å². The molecule has 1 aliphatic carbocycles. The Balaban J connectivity index is 0. The number of rotatable bonds is 1. The molecule has 0 aliphatic heterocycles. The van der Waals surface area contributed by atoms with Gasteiger partial charge in [-0.25, -0.2) is 0 Å². The fourth-order valence-corrected chi connectivity index (χ4v) is 1.14. The lowest BCUT2D eigenvalue weighted by Crippen LogP contribution is -2.21. The molecule has 1 rings (SSSR count). The molecule has 1 N–H and O–H groups in total. The monoisotopic (exact) mass is 234 g/mol. The lowest BCUT2D eigenvalue weighted by molar-refractivity contribution is -0.158. The molecule has 0 aromatic carbocycles. The molecule has 4 heteroatoms. The van der Waals surface area contributed by atoms with Gasteiger partial charge >= 0.3 is 6.18 Å². The van der Waals surface area contributed by atoms with Crippen molar-refractivity contribution in [1.29, 1.82) is 0 Å². The van der Waals surface area contributed by atoms with Gasteiger partial charge in [-0.15, -0.1) is 12.8 Å². The SMILES string of the molecule is C#C.CO.C[C@@H](C1=CCCC=C1)C(F)(F)F. The Bertz CT molecular complexity index is 249. The second-order valence-electron chi connectivity index (χ2n) is 2.95. The van der Waals surface area contributed by atoms with Crippen LogP contribution in [-0.4, -0.2) is 18.4 Å². The number of aliphatic hydroxyl groups is 1. The second-order valence-corrected chi connectivity index (χ2v) is 2.95. The van der Waals surface area contributed by atoms with Crippen LogP contribution in [-0.2, 0) is 0 Å². The van der Waals surface area contributed by atoms with Crippen LogP contribution in [0.3, 0.4) is 0 Å². The van der Waals surface area contributed by atoms with Gasteiger partial charge in [0.1, 0.15) is 0 Å². The van der Waals surface area contributed by atoms with Crippen molar-refractivity contribution in [3.8, 4) is 12.8 Å². The van der Waals surface area contributed by atoms with Crippen LogP contribution in [0.15, 0.2) is 23.8 Å². The van der Waals surface area contributed by atoms with Crippen molar-refractivity contribution in [3.63, 3.8) is 0 Å². The lowest BCUT2D eigenvalue weighted by atomic mass is 9.95. The van der Waals surface area contributed by atoms with Crippen molar-refractivity contribution in [1.82, 2.24) is 0 Å². The fraction of sp³-hybridized carbons (Fsp3) is 0.500. The number of hydrogen-bond donors (Lipinski definition) is 1. The maximum absolute atomic E-state index is 12.2. The zero-order valence-electron chi connectivity index (χ0n) is 9.46. The summed E-state index contributed by atoms with van der Waals surface area (Å²) in [6.45, 7) is 1.20. The standard InChI is InChI=1S/C9H11F3.C2H2.CH4O/c1-7(9(10,11)12)8-5-3-2-4-6-8;2*1-2/h3,5-7H,2,4H2,1H3;1-2H;2H,1H3/t7-;;/m0../s1. The first-order valence-corrected chi connectivity index (χ1v) is 4.73. The highest BCUT2D eigenvalue weighted by Crippen LogP contribution is 2.33. The number of alkyl halides is 3. The van der Waals surface area contributed by atoms with Crippen LogP contribution in [0.25, 0.3) is 0 Å². The van der Waals surface area contributed by atoms with Crippen LogP contribution in [0.2, 0.25) is 0 Å². The van der Waals surface area contributed by atoms with Crippen LogP contribution < -0.4 is 0 Å². The Hall–Kier alpha value is -1.21. The van der Waals surface area contributed by atoms with E-state index in [9.17, 15) is 13.2 Å². The number of aliphatic hydroxyl groups excluding tert-OH is 1. The maximum Gasteiger partial charge on any atom is 0.395 e. The van der Waals surface area contributed by atoms with Crippen LogP contribution >= 0.6 is 0 Å². The molecule has 0 radical (unpaired) electrons. The Morgan fingerprint density at radius 2 is 1.75 bits per heavy atom. The van der Waals surface area contributed by atoms with E-state index in [1.807, 2.05) is 0 Å². The third kappa shape index (κ3) is 6.31. The van der Waals surface area contributed by atoms with Crippen LogP contribution in [0, 0.1) is 18.8 Å². The molecule has 92 valence electrons. The van der Waals surface area contributed by atoms with Gasteiger partial charge in [-0.2, -0.15) is 13.2 Å². The summed E-state index contributed by atoms with van der Waals surface area (Å²) < 4.78 is 36.5. The van der Waals surface area contributed by atoms with E-state index in [2.05, 4.69) is 12.8 Å². The average Bonchev–Trinajstić information content (AvgIpc) is 2.33. The zero-order chi connectivity index (χ0) is 13.2. The molecule has 0 saturated carbocycles. The molecule has 16 heavy (non-hydrogen) atoms. The quantitative estimate of drug-likeness (QED) is 0.690. The Morgan fingerprint density at radius 1 is 1.25 bits per heavy atom. The first-order valence-electron chi connectivity index (χ1n) is 4.73. The number of halogens is 3. The van der Waals surface area contributed by atoms with Gasteiger partial charge in [0.15, 0.2) is 0 Å².